The number of aryl methyl sites for hydroxylation is 1. The zero-order valence-corrected chi connectivity index (χ0v) is 13.1. The molecule has 1 aliphatic rings. The maximum atomic E-state index is 5.90. The maximum absolute atomic E-state index is 5.90. The molecule has 114 valence electrons. The summed E-state index contributed by atoms with van der Waals surface area (Å²) in [5, 5.41) is 3.36. The highest BCUT2D eigenvalue weighted by atomic mass is 16.5. The zero-order chi connectivity index (χ0) is 14.4. The number of hydrogen-bond donors (Lipinski definition) is 1. The molecule has 1 fully saturated rings. The van der Waals surface area contributed by atoms with Crippen molar-refractivity contribution in [1.82, 2.24) is 10.2 Å². The summed E-state index contributed by atoms with van der Waals surface area (Å²) in [7, 11) is 1.79. The number of nitrogens with zero attached hydrogens (tertiary/aromatic N) is 1. The van der Waals surface area contributed by atoms with E-state index < -0.39 is 0 Å². The molecule has 1 aliphatic heterocycles. The van der Waals surface area contributed by atoms with Crippen molar-refractivity contribution < 1.29 is 9.15 Å². The number of piperidine rings is 1. The van der Waals surface area contributed by atoms with Crippen LogP contribution in [0.25, 0.3) is 0 Å². The Morgan fingerprint density at radius 2 is 2.35 bits per heavy atom. The Balaban J connectivity index is 1.89. The third-order valence-corrected chi connectivity index (χ3v) is 4.02. The van der Waals surface area contributed by atoms with Crippen molar-refractivity contribution in [3.05, 3.63) is 23.2 Å². The number of hydrogen-bond acceptors (Lipinski definition) is 4. The minimum absolute atomic E-state index is 0.672. The van der Waals surface area contributed by atoms with Crippen LogP contribution in [0.2, 0.25) is 0 Å². The Morgan fingerprint density at radius 1 is 1.50 bits per heavy atom. The lowest BCUT2D eigenvalue weighted by atomic mass is 9.99. The van der Waals surface area contributed by atoms with Gasteiger partial charge in [-0.3, -0.25) is 4.90 Å². The summed E-state index contributed by atoms with van der Waals surface area (Å²) in [6.45, 7) is 10.2. The van der Waals surface area contributed by atoms with Crippen LogP contribution in [0, 0.1) is 12.8 Å². The van der Waals surface area contributed by atoms with Crippen LogP contribution in [0.1, 0.15) is 36.8 Å². The van der Waals surface area contributed by atoms with Crippen LogP contribution in [0.5, 0.6) is 0 Å². The molecule has 0 aromatic carbocycles. The summed E-state index contributed by atoms with van der Waals surface area (Å²) in [5.41, 5.74) is 1.28. The van der Waals surface area contributed by atoms with Crippen molar-refractivity contribution in [2.24, 2.45) is 5.92 Å². The van der Waals surface area contributed by atoms with Gasteiger partial charge in [-0.25, -0.2) is 0 Å². The standard InChI is InChI=1S/C16H28N2O2/c1-4-17-9-15-8-16(20-13(15)2)11-18-7-5-6-14(10-18)12-19-3/h8,14,17H,4-7,9-12H2,1-3H3. The molecular weight excluding hydrogens is 252 g/mol. The van der Waals surface area contributed by atoms with Crippen LogP contribution >= 0.6 is 0 Å². The third kappa shape index (κ3) is 4.33. The first-order valence-corrected chi connectivity index (χ1v) is 7.73. The molecule has 0 spiro atoms. The molecule has 0 amide bonds. The van der Waals surface area contributed by atoms with Crippen molar-refractivity contribution in [2.45, 2.75) is 39.8 Å². The summed E-state index contributed by atoms with van der Waals surface area (Å²) in [4.78, 5) is 2.49. The Morgan fingerprint density at radius 3 is 3.10 bits per heavy atom. The molecule has 4 heteroatoms. The van der Waals surface area contributed by atoms with E-state index in [2.05, 4.69) is 30.1 Å². The molecule has 20 heavy (non-hydrogen) atoms. The smallest absolute Gasteiger partial charge is 0.118 e. The Labute approximate surface area is 122 Å². The van der Waals surface area contributed by atoms with Crippen molar-refractivity contribution in [2.75, 3.05) is 33.4 Å². The molecule has 0 bridgehead atoms. The number of methoxy groups -OCH3 is 1. The molecule has 1 unspecified atom stereocenters. The first kappa shape index (κ1) is 15.5. The van der Waals surface area contributed by atoms with Crippen molar-refractivity contribution in [3.8, 4) is 0 Å². The summed E-state index contributed by atoms with van der Waals surface area (Å²) in [6.07, 6.45) is 2.55. The summed E-state index contributed by atoms with van der Waals surface area (Å²) in [5.74, 6) is 2.81. The van der Waals surface area contributed by atoms with Gasteiger partial charge in [0, 0.05) is 25.8 Å². The second-order valence-corrected chi connectivity index (χ2v) is 5.77. The Hall–Kier alpha value is -0.840. The van der Waals surface area contributed by atoms with E-state index in [-0.39, 0.29) is 0 Å². The van der Waals surface area contributed by atoms with E-state index >= 15 is 0 Å². The fourth-order valence-corrected chi connectivity index (χ4v) is 2.99. The molecule has 0 radical (unpaired) electrons. The van der Waals surface area contributed by atoms with E-state index in [9.17, 15) is 0 Å². The fourth-order valence-electron chi connectivity index (χ4n) is 2.99. The van der Waals surface area contributed by atoms with E-state index in [0.717, 1.165) is 44.3 Å². The molecule has 1 aromatic heterocycles. The molecule has 1 aromatic rings. The Kier molecular flexibility index (Phi) is 6.07. The molecular formula is C16H28N2O2. The molecule has 0 saturated carbocycles. The van der Waals surface area contributed by atoms with Crippen molar-refractivity contribution in [1.29, 1.82) is 0 Å². The maximum Gasteiger partial charge on any atom is 0.118 e. The van der Waals surface area contributed by atoms with Gasteiger partial charge in [0.25, 0.3) is 0 Å². The number of ether oxygens (including phenoxy) is 1. The summed E-state index contributed by atoms with van der Waals surface area (Å²) < 4.78 is 11.2. The number of furan rings is 1. The van der Waals surface area contributed by atoms with Gasteiger partial charge < -0.3 is 14.5 Å². The quantitative estimate of drug-likeness (QED) is 0.833. The van der Waals surface area contributed by atoms with E-state index in [1.54, 1.807) is 7.11 Å². The molecule has 1 saturated heterocycles. The molecule has 2 heterocycles. The average molecular weight is 280 g/mol. The second kappa shape index (κ2) is 7.81. The van der Waals surface area contributed by atoms with Gasteiger partial charge >= 0.3 is 0 Å². The van der Waals surface area contributed by atoms with Gasteiger partial charge in [0.05, 0.1) is 13.2 Å². The van der Waals surface area contributed by atoms with Crippen LogP contribution < -0.4 is 5.32 Å². The molecule has 0 aliphatic carbocycles. The zero-order valence-electron chi connectivity index (χ0n) is 13.1. The summed E-state index contributed by atoms with van der Waals surface area (Å²) in [6, 6.07) is 2.21. The highest BCUT2D eigenvalue weighted by molar-refractivity contribution is 5.20. The van der Waals surface area contributed by atoms with Crippen LogP contribution in [-0.4, -0.2) is 38.3 Å². The lowest BCUT2D eigenvalue weighted by Crippen LogP contribution is -2.36. The highest BCUT2D eigenvalue weighted by Crippen LogP contribution is 2.21. The first-order chi connectivity index (χ1) is 9.72. The Bertz CT molecular complexity index is 401. The predicted octanol–water partition coefficient (Wildman–Crippen LogP) is 2.56. The van der Waals surface area contributed by atoms with Crippen molar-refractivity contribution >= 4 is 0 Å². The van der Waals surface area contributed by atoms with Crippen molar-refractivity contribution in [3.63, 3.8) is 0 Å². The topological polar surface area (TPSA) is 37.6 Å². The largest absolute Gasteiger partial charge is 0.465 e. The average Bonchev–Trinajstić information content (AvgIpc) is 2.77. The van der Waals surface area contributed by atoms with Gasteiger partial charge in [-0.05, 0) is 44.8 Å². The molecule has 2 rings (SSSR count). The van der Waals surface area contributed by atoms with E-state index in [4.69, 9.17) is 9.15 Å². The number of nitrogens with one attached hydrogen (secondary N) is 1. The normalized spacial score (nSPS) is 20.4. The van der Waals surface area contributed by atoms with Gasteiger partial charge in [0.15, 0.2) is 0 Å². The molecule has 1 N–H and O–H groups in total. The first-order valence-electron chi connectivity index (χ1n) is 7.73. The SMILES string of the molecule is CCNCc1cc(CN2CCCC(COC)C2)oc1C. The van der Waals surface area contributed by atoms with E-state index in [0.29, 0.717) is 5.92 Å². The number of likely N-dealkylation sites (tertiary alicyclic amines) is 1. The predicted molar refractivity (Wildman–Crippen MR) is 80.7 cm³/mol. The van der Waals surface area contributed by atoms with Gasteiger partial charge in [0.1, 0.15) is 11.5 Å². The van der Waals surface area contributed by atoms with Crippen LogP contribution in [-0.2, 0) is 17.8 Å². The highest BCUT2D eigenvalue weighted by Gasteiger charge is 2.21. The summed E-state index contributed by atoms with van der Waals surface area (Å²) >= 11 is 0. The number of rotatable bonds is 7. The second-order valence-electron chi connectivity index (χ2n) is 5.77. The lowest BCUT2D eigenvalue weighted by molar-refractivity contribution is 0.0839. The van der Waals surface area contributed by atoms with Crippen LogP contribution in [0.15, 0.2) is 10.5 Å². The van der Waals surface area contributed by atoms with E-state index in [1.807, 2.05) is 0 Å². The monoisotopic (exact) mass is 280 g/mol. The molecule has 1 atom stereocenters. The van der Waals surface area contributed by atoms with Gasteiger partial charge in [-0.1, -0.05) is 6.92 Å². The third-order valence-electron chi connectivity index (χ3n) is 4.02. The van der Waals surface area contributed by atoms with Gasteiger partial charge in [0.2, 0.25) is 0 Å². The van der Waals surface area contributed by atoms with Crippen LogP contribution in [0.3, 0.4) is 0 Å². The van der Waals surface area contributed by atoms with Crippen LogP contribution in [0.4, 0.5) is 0 Å². The lowest BCUT2D eigenvalue weighted by Gasteiger charge is -2.31. The van der Waals surface area contributed by atoms with E-state index in [1.165, 1.54) is 24.9 Å². The van der Waals surface area contributed by atoms with Gasteiger partial charge in [-0.2, -0.15) is 0 Å². The minimum Gasteiger partial charge on any atom is -0.465 e. The molecule has 4 nitrogen and oxygen atoms in total. The fraction of sp³-hybridized carbons (Fsp3) is 0.750. The minimum atomic E-state index is 0.672. The van der Waals surface area contributed by atoms with Gasteiger partial charge in [-0.15, -0.1) is 0 Å².